The lowest BCUT2D eigenvalue weighted by Gasteiger charge is -2.31. The van der Waals surface area contributed by atoms with E-state index in [0.717, 1.165) is 15.2 Å². The molecule has 2 aromatic carbocycles. The van der Waals surface area contributed by atoms with Gasteiger partial charge in [0.1, 0.15) is 11.6 Å². The number of fused-ring (bicyclic) bond motifs is 1. The van der Waals surface area contributed by atoms with Gasteiger partial charge in [-0.25, -0.2) is 4.79 Å². The van der Waals surface area contributed by atoms with Gasteiger partial charge in [0.05, 0.1) is 11.4 Å². The summed E-state index contributed by atoms with van der Waals surface area (Å²) in [5.74, 6) is -0.317. The quantitative estimate of drug-likeness (QED) is 0.617. The Labute approximate surface area is 174 Å². The van der Waals surface area contributed by atoms with Crippen molar-refractivity contribution in [3.8, 4) is 0 Å². The number of carbonyl (C=O) groups is 2. The van der Waals surface area contributed by atoms with Crippen LogP contribution < -0.4 is 11.1 Å². The monoisotopic (exact) mass is 449 g/mol. The van der Waals surface area contributed by atoms with Crippen LogP contribution in [0, 0.1) is 0 Å². The first kappa shape index (κ1) is 22.0. The molecule has 0 aliphatic carbocycles. The van der Waals surface area contributed by atoms with Crippen molar-refractivity contribution in [1.82, 2.24) is 4.90 Å². The Bertz CT molecular complexity index is 877. The summed E-state index contributed by atoms with van der Waals surface area (Å²) in [5, 5.41) is 4.67. The van der Waals surface area contributed by atoms with Gasteiger partial charge in [0.25, 0.3) is 0 Å². The van der Waals surface area contributed by atoms with Crippen LogP contribution in [0.4, 0.5) is 16.2 Å². The average molecular weight is 450 g/mol. The molecule has 0 fully saturated rings. The largest absolute Gasteiger partial charge is 0.444 e. The van der Waals surface area contributed by atoms with Gasteiger partial charge in [-0.1, -0.05) is 35.0 Å². The molecule has 152 valence electrons. The van der Waals surface area contributed by atoms with Gasteiger partial charge < -0.3 is 15.8 Å². The molecule has 0 bridgehead atoms. The summed E-state index contributed by atoms with van der Waals surface area (Å²) in [6, 6.07) is 8.73. The van der Waals surface area contributed by atoms with Gasteiger partial charge in [-0.15, -0.1) is 0 Å². The fourth-order valence-electron chi connectivity index (χ4n) is 2.82. The number of nitrogen functional groups attached to an aromatic ring is 1. The van der Waals surface area contributed by atoms with Gasteiger partial charge in [-0.3, -0.25) is 9.69 Å². The van der Waals surface area contributed by atoms with Crippen LogP contribution in [0.5, 0.6) is 0 Å². The molecule has 0 aliphatic heterocycles. The first-order valence-electron chi connectivity index (χ1n) is 9.31. The summed E-state index contributed by atoms with van der Waals surface area (Å²) in [7, 11) is 0. The summed E-state index contributed by atoms with van der Waals surface area (Å²) in [6.07, 6.45) is 0.206. The van der Waals surface area contributed by atoms with Gasteiger partial charge in [-0.05, 0) is 57.7 Å². The molecule has 6 nitrogen and oxygen atoms in total. The summed E-state index contributed by atoms with van der Waals surface area (Å²) < 4.78 is 6.40. The van der Waals surface area contributed by atoms with Crippen molar-refractivity contribution in [2.45, 2.75) is 52.7 Å². The Balaban J connectivity index is 2.22. The van der Waals surface area contributed by atoms with Crippen LogP contribution in [0.25, 0.3) is 10.8 Å². The number of nitrogens with two attached hydrogens (primary N) is 1. The summed E-state index contributed by atoms with van der Waals surface area (Å²) >= 11 is 3.44. The molecule has 0 aromatic heterocycles. The van der Waals surface area contributed by atoms with Crippen molar-refractivity contribution >= 4 is 50.1 Å². The Morgan fingerprint density at radius 1 is 1.25 bits per heavy atom. The van der Waals surface area contributed by atoms with Crippen LogP contribution in [0.2, 0.25) is 0 Å². The maximum absolute atomic E-state index is 12.8. The van der Waals surface area contributed by atoms with E-state index in [2.05, 4.69) is 21.2 Å². The highest BCUT2D eigenvalue weighted by Gasteiger charge is 2.29. The highest BCUT2D eigenvalue weighted by Crippen LogP contribution is 2.31. The highest BCUT2D eigenvalue weighted by atomic mass is 79.9. The van der Waals surface area contributed by atoms with Crippen LogP contribution in [-0.4, -0.2) is 35.1 Å². The summed E-state index contributed by atoms with van der Waals surface area (Å²) in [5.41, 5.74) is 6.64. The molecule has 0 saturated carbocycles. The Hall–Kier alpha value is -2.28. The number of ether oxygens (including phenoxy) is 1. The number of hydrogen-bond acceptors (Lipinski definition) is 4. The van der Waals surface area contributed by atoms with E-state index in [0.29, 0.717) is 24.3 Å². The molecule has 2 rings (SSSR count). The van der Waals surface area contributed by atoms with E-state index < -0.39 is 17.7 Å². The number of anilines is 2. The van der Waals surface area contributed by atoms with Crippen molar-refractivity contribution in [1.29, 1.82) is 0 Å². The third-order valence-corrected chi connectivity index (χ3v) is 4.71. The number of rotatable bonds is 5. The molecular weight excluding hydrogens is 422 g/mol. The molecular formula is C21H28BrN3O3. The third kappa shape index (κ3) is 5.38. The zero-order valence-electron chi connectivity index (χ0n) is 17.0. The fraction of sp³-hybridized carbons (Fsp3) is 0.429. The second kappa shape index (κ2) is 8.82. The van der Waals surface area contributed by atoms with E-state index in [4.69, 9.17) is 10.5 Å². The second-order valence-corrected chi connectivity index (χ2v) is 8.65. The normalized spacial score (nSPS) is 12.5. The minimum absolute atomic E-state index is 0.317. The highest BCUT2D eigenvalue weighted by molar-refractivity contribution is 9.10. The van der Waals surface area contributed by atoms with Gasteiger partial charge in [0.2, 0.25) is 5.91 Å². The zero-order valence-corrected chi connectivity index (χ0v) is 18.6. The first-order chi connectivity index (χ1) is 13.0. The molecule has 7 heteroatoms. The molecule has 0 unspecified atom stereocenters. The van der Waals surface area contributed by atoms with Crippen molar-refractivity contribution in [2.24, 2.45) is 0 Å². The van der Waals surface area contributed by atoms with Crippen LogP contribution >= 0.6 is 15.9 Å². The number of halogens is 1. The Kier molecular flexibility index (Phi) is 6.93. The van der Waals surface area contributed by atoms with E-state index in [1.165, 1.54) is 4.90 Å². The van der Waals surface area contributed by atoms with E-state index in [-0.39, 0.29) is 5.91 Å². The van der Waals surface area contributed by atoms with Crippen LogP contribution in [0.15, 0.2) is 34.8 Å². The first-order valence-corrected chi connectivity index (χ1v) is 10.1. The van der Waals surface area contributed by atoms with Crippen molar-refractivity contribution < 1.29 is 14.3 Å². The second-order valence-electron chi connectivity index (χ2n) is 7.73. The van der Waals surface area contributed by atoms with E-state index >= 15 is 0 Å². The molecule has 0 spiro atoms. The molecule has 0 radical (unpaired) electrons. The molecule has 1 atom stereocenters. The van der Waals surface area contributed by atoms with Crippen LogP contribution in [-0.2, 0) is 9.53 Å². The number of carbonyl (C=O) groups excluding carboxylic acids is 2. The van der Waals surface area contributed by atoms with Crippen molar-refractivity contribution in [3.63, 3.8) is 0 Å². The lowest BCUT2D eigenvalue weighted by atomic mass is 10.1. The number of amides is 2. The van der Waals surface area contributed by atoms with Crippen LogP contribution in [0.1, 0.15) is 41.0 Å². The van der Waals surface area contributed by atoms with E-state index in [1.54, 1.807) is 33.8 Å². The number of hydrogen-bond donors (Lipinski definition) is 2. The molecule has 2 aromatic rings. The minimum atomic E-state index is -0.699. The molecule has 28 heavy (non-hydrogen) atoms. The standard InChI is InChI=1S/C21H28BrN3O3/c1-6-11-25(20(27)28-21(3,4)5)13(2)19(26)24-17-10-7-14-12-15(22)8-9-16(14)18(17)23/h7-10,12-13H,6,11,23H2,1-5H3,(H,24,26)/t13-/m0/s1. The Morgan fingerprint density at radius 3 is 2.54 bits per heavy atom. The molecule has 0 aliphatic rings. The van der Waals surface area contributed by atoms with Gasteiger partial charge in [0.15, 0.2) is 0 Å². The maximum Gasteiger partial charge on any atom is 0.410 e. The van der Waals surface area contributed by atoms with Crippen molar-refractivity contribution in [3.05, 3.63) is 34.8 Å². The smallest absolute Gasteiger partial charge is 0.410 e. The van der Waals surface area contributed by atoms with Gasteiger partial charge in [0, 0.05) is 16.4 Å². The predicted octanol–water partition coefficient (Wildman–Crippen LogP) is 5.16. The number of benzene rings is 2. The molecule has 2 amide bonds. The topological polar surface area (TPSA) is 84.7 Å². The lowest BCUT2D eigenvalue weighted by Crippen LogP contribution is -2.47. The van der Waals surface area contributed by atoms with Gasteiger partial charge >= 0.3 is 6.09 Å². The van der Waals surface area contributed by atoms with Crippen molar-refractivity contribution in [2.75, 3.05) is 17.6 Å². The van der Waals surface area contributed by atoms with E-state index in [1.807, 2.05) is 31.2 Å². The molecule has 0 saturated heterocycles. The molecule has 3 N–H and O–H groups in total. The average Bonchev–Trinajstić information content (AvgIpc) is 2.59. The summed E-state index contributed by atoms with van der Waals surface area (Å²) in [6.45, 7) is 9.45. The lowest BCUT2D eigenvalue weighted by molar-refractivity contribution is -0.120. The van der Waals surface area contributed by atoms with Gasteiger partial charge in [-0.2, -0.15) is 0 Å². The maximum atomic E-state index is 12.8. The number of nitrogens with zero attached hydrogens (tertiary/aromatic N) is 1. The Morgan fingerprint density at radius 2 is 1.93 bits per heavy atom. The third-order valence-electron chi connectivity index (χ3n) is 4.22. The van der Waals surface area contributed by atoms with E-state index in [9.17, 15) is 9.59 Å². The molecule has 0 heterocycles. The summed E-state index contributed by atoms with van der Waals surface area (Å²) in [4.78, 5) is 26.8. The SMILES string of the molecule is CCCN(C(=O)OC(C)(C)C)[C@@H](C)C(=O)Nc1ccc2cc(Br)ccc2c1N. The minimum Gasteiger partial charge on any atom is -0.444 e. The zero-order chi connectivity index (χ0) is 21.1. The number of nitrogens with one attached hydrogen (secondary N) is 1. The predicted molar refractivity (Wildman–Crippen MR) is 117 cm³/mol. The van der Waals surface area contributed by atoms with Crippen LogP contribution in [0.3, 0.4) is 0 Å². The fourth-order valence-corrected chi connectivity index (χ4v) is 3.20.